The number of morpholine rings is 1. The number of carbonyl (C=O) groups excluding carboxylic acids is 1. The second-order valence-electron chi connectivity index (χ2n) is 6.34. The first-order valence-electron chi connectivity index (χ1n) is 8.59. The maximum absolute atomic E-state index is 12.6. The van der Waals surface area contributed by atoms with E-state index in [0.717, 1.165) is 5.56 Å². The van der Waals surface area contributed by atoms with E-state index in [1.165, 1.54) is 6.07 Å². The molecular weight excluding hydrogens is 388 g/mol. The molecule has 8 heteroatoms. The maximum Gasteiger partial charge on any atom is 0.262 e. The van der Waals surface area contributed by atoms with Crippen LogP contribution in [0, 0.1) is 6.92 Å². The third kappa shape index (κ3) is 4.80. The molecule has 1 heterocycles. The van der Waals surface area contributed by atoms with Gasteiger partial charge in [0.05, 0.1) is 24.5 Å². The van der Waals surface area contributed by atoms with E-state index in [-0.39, 0.29) is 17.2 Å². The predicted molar refractivity (Wildman–Crippen MR) is 105 cm³/mol. The monoisotopic (exact) mass is 408 g/mol. The number of amides is 1. The second-order valence-corrected chi connectivity index (χ2v) is 8.39. The zero-order chi connectivity index (χ0) is 19.4. The molecule has 1 aliphatic heterocycles. The van der Waals surface area contributed by atoms with Crippen LogP contribution in [0.2, 0.25) is 5.02 Å². The van der Waals surface area contributed by atoms with Crippen molar-refractivity contribution in [3.63, 3.8) is 0 Å². The molecule has 0 radical (unpaired) electrons. The fourth-order valence-corrected chi connectivity index (χ4v) is 4.44. The molecule has 0 unspecified atom stereocenters. The number of rotatable bonds is 5. The number of hydrogen-bond acceptors (Lipinski definition) is 4. The van der Waals surface area contributed by atoms with Crippen LogP contribution in [0.3, 0.4) is 0 Å². The highest BCUT2D eigenvalue weighted by Crippen LogP contribution is 2.25. The summed E-state index contributed by atoms with van der Waals surface area (Å²) in [7, 11) is -3.74. The van der Waals surface area contributed by atoms with E-state index in [9.17, 15) is 13.2 Å². The topological polar surface area (TPSA) is 75.7 Å². The third-order valence-corrected chi connectivity index (χ3v) is 6.37. The van der Waals surface area contributed by atoms with Crippen molar-refractivity contribution in [3.8, 4) is 0 Å². The Morgan fingerprint density at radius 1 is 1.15 bits per heavy atom. The molecule has 0 bridgehead atoms. The Bertz CT molecular complexity index is 923. The van der Waals surface area contributed by atoms with Crippen molar-refractivity contribution in [2.45, 2.75) is 18.2 Å². The number of ether oxygens (including phenoxy) is 1. The lowest BCUT2D eigenvalue weighted by Gasteiger charge is -2.26. The minimum Gasteiger partial charge on any atom is -0.378 e. The number of nitrogens with one attached hydrogen (secondary N) is 1. The van der Waals surface area contributed by atoms with Crippen LogP contribution in [0.4, 0.5) is 5.69 Å². The highest BCUT2D eigenvalue weighted by atomic mass is 35.5. The number of nitrogens with zero attached hydrogens (tertiary/aromatic N) is 1. The van der Waals surface area contributed by atoms with Crippen LogP contribution >= 0.6 is 11.6 Å². The first-order chi connectivity index (χ1) is 12.9. The number of carbonyl (C=O) groups is 1. The molecular formula is C19H21ClN2O4S. The second kappa shape index (κ2) is 8.29. The fourth-order valence-electron chi connectivity index (χ4n) is 2.88. The normalized spacial score (nSPS) is 14.8. The minimum atomic E-state index is -3.74. The van der Waals surface area contributed by atoms with E-state index in [0.29, 0.717) is 42.6 Å². The van der Waals surface area contributed by atoms with Gasteiger partial charge in [0.15, 0.2) is 0 Å². The van der Waals surface area contributed by atoms with Gasteiger partial charge in [-0.05, 0) is 42.3 Å². The Labute approximate surface area is 164 Å². The molecule has 27 heavy (non-hydrogen) atoms. The zero-order valence-corrected chi connectivity index (χ0v) is 16.5. The van der Waals surface area contributed by atoms with Crippen molar-refractivity contribution in [3.05, 3.63) is 58.6 Å². The number of halogens is 1. The van der Waals surface area contributed by atoms with E-state index in [4.69, 9.17) is 16.3 Å². The van der Waals surface area contributed by atoms with Crippen molar-refractivity contribution in [1.29, 1.82) is 0 Å². The Hall–Kier alpha value is -2.09. The Kier molecular flexibility index (Phi) is 6.04. The Morgan fingerprint density at radius 3 is 2.48 bits per heavy atom. The SMILES string of the molecule is Cc1c(Cl)cccc1S(=O)(=O)Nc1ccc(CC(=O)N2CCOCC2)cc1. The van der Waals surface area contributed by atoms with Gasteiger partial charge in [-0.1, -0.05) is 29.8 Å². The van der Waals surface area contributed by atoms with Crippen molar-refractivity contribution in [1.82, 2.24) is 4.90 Å². The molecule has 1 amide bonds. The van der Waals surface area contributed by atoms with Gasteiger partial charge in [-0.25, -0.2) is 8.42 Å². The highest BCUT2D eigenvalue weighted by molar-refractivity contribution is 7.92. The van der Waals surface area contributed by atoms with Crippen molar-refractivity contribution >= 4 is 33.2 Å². The van der Waals surface area contributed by atoms with Gasteiger partial charge >= 0.3 is 0 Å². The molecule has 1 fully saturated rings. The quantitative estimate of drug-likeness (QED) is 0.825. The number of anilines is 1. The lowest BCUT2D eigenvalue weighted by atomic mass is 10.1. The Morgan fingerprint density at radius 2 is 1.81 bits per heavy atom. The zero-order valence-electron chi connectivity index (χ0n) is 14.9. The van der Waals surface area contributed by atoms with Crippen LogP contribution in [-0.2, 0) is 26.0 Å². The maximum atomic E-state index is 12.6. The summed E-state index contributed by atoms with van der Waals surface area (Å²) in [5.74, 6) is 0.0428. The molecule has 0 saturated carbocycles. The summed E-state index contributed by atoms with van der Waals surface area (Å²) >= 11 is 6.02. The first-order valence-corrected chi connectivity index (χ1v) is 10.5. The third-order valence-electron chi connectivity index (χ3n) is 4.43. The molecule has 2 aromatic rings. The summed E-state index contributed by atoms with van der Waals surface area (Å²) in [6, 6.07) is 11.6. The largest absolute Gasteiger partial charge is 0.378 e. The van der Waals surface area contributed by atoms with Gasteiger partial charge in [0.2, 0.25) is 5.91 Å². The number of hydrogen-bond donors (Lipinski definition) is 1. The van der Waals surface area contributed by atoms with Crippen molar-refractivity contribution in [2.75, 3.05) is 31.0 Å². The average Bonchev–Trinajstić information content (AvgIpc) is 2.66. The molecule has 1 saturated heterocycles. The van der Waals surface area contributed by atoms with Gasteiger partial charge < -0.3 is 9.64 Å². The van der Waals surface area contributed by atoms with E-state index < -0.39 is 10.0 Å². The Balaban J connectivity index is 1.68. The smallest absolute Gasteiger partial charge is 0.262 e. The lowest BCUT2D eigenvalue weighted by Crippen LogP contribution is -2.41. The lowest BCUT2D eigenvalue weighted by molar-refractivity contribution is -0.134. The van der Waals surface area contributed by atoms with Gasteiger partial charge in [-0.2, -0.15) is 0 Å². The molecule has 3 rings (SSSR count). The predicted octanol–water partition coefficient (Wildman–Crippen LogP) is 2.85. The van der Waals surface area contributed by atoms with E-state index in [1.807, 2.05) is 0 Å². The highest BCUT2D eigenvalue weighted by Gasteiger charge is 2.19. The van der Waals surface area contributed by atoms with Gasteiger partial charge in [-0.3, -0.25) is 9.52 Å². The molecule has 1 N–H and O–H groups in total. The van der Waals surface area contributed by atoms with Crippen LogP contribution in [0.15, 0.2) is 47.4 Å². The molecule has 0 atom stereocenters. The number of sulfonamides is 1. The summed E-state index contributed by atoms with van der Waals surface area (Å²) in [5, 5.41) is 0.398. The molecule has 0 aromatic heterocycles. The molecule has 2 aromatic carbocycles. The van der Waals surface area contributed by atoms with Crippen molar-refractivity contribution < 1.29 is 17.9 Å². The molecule has 1 aliphatic rings. The summed E-state index contributed by atoms with van der Waals surface area (Å²) < 4.78 is 33.0. The number of benzene rings is 2. The van der Waals surface area contributed by atoms with Crippen LogP contribution < -0.4 is 4.72 Å². The first kappa shape index (κ1) is 19.7. The fraction of sp³-hybridized carbons (Fsp3) is 0.316. The van der Waals surface area contributed by atoms with Gasteiger partial charge in [0.1, 0.15) is 0 Å². The van der Waals surface area contributed by atoms with Gasteiger partial charge in [0.25, 0.3) is 10.0 Å². The van der Waals surface area contributed by atoms with E-state index in [1.54, 1.807) is 48.2 Å². The minimum absolute atomic E-state index is 0.0428. The van der Waals surface area contributed by atoms with Crippen LogP contribution in [-0.4, -0.2) is 45.5 Å². The summed E-state index contributed by atoms with van der Waals surface area (Å²) in [6.45, 7) is 4.01. The summed E-state index contributed by atoms with van der Waals surface area (Å²) in [6.07, 6.45) is 0.278. The average molecular weight is 409 g/mol. The van der Waals surface area contributed by atoms with E-state index in [2.05, 4.69) is 4.72 Å². The van der Waals surface area contributed by atoms with Crippen LogP contribution in [0.1, 0.15) is 11.1 Å². The van der Waals surface area contributed by atoms with Gasteiger partial charge in [0, 0.05) is 23.8 Å². The van der Waals surface area contributed by atoms with E-state index >= 15 is 0 Å². The standard InChI is InChI=1S/C19H21ClN2O4S/c1-14-17(20)3-2-4-18(14)27(24,25)21-16-7-5-15(6-8-16)13-19(23)22-9-11-26-12-10-22/h2-8,21H,9-13H2,1H3. The van der Waals surface area contributed by atoms with Crippen molar-refractivity contribution in [2.24, 2.45) is 0 Å². The molecule has 0 spiro atoms. The molecule has 6 nitrogen and oxygen atoms in total. The van der Waals surface area contributed by atoms with Crippen LogP contribution in [0.25, 0.3) is 0 Å². The molecule has 144 valence electrons. The van der Waals surface area contributed by atoms with Crippen LogP contribution in [0.5, 0.6) is 0 Å². The van der Waals surface area contributed by atoms with Gasteiger partial charge in [-0.15, -0.1) is 0 Å². The summed E-state index contributed by atoms with van der Waals surface area (Å²) in [4.78, 5) is 14.2. The molecule has 0 aliphatic carbocycles. The summed E-state index contributed by atoms with van der Waals surface area (Å²) in [5.41, 5.74) is 1.75.